The zero-order chi connectivity index (χ0) is 21.0. The van der Waals surface area contributed by atoms with Crippen LogP contribution in [0.15, 0.2) is 24.3 Å². The minimum atomic E-state index is -1.68. The number of ether oxygens (including phenoxy) is 1. The van der Waals surface area contributed by atoms with Crippen LogP contribution in [-0.4, -0.2) is 49.1 Å². The molecule has 1 amide bonds. The Kier molecular flexibility index (Phi) is 6.56. The minimum Gasteiger partial charge on any atom is -0.497 e. The summed E-state index contributed by atoms with van der Waals surface area (Å²) < 4.78 is 59.9. The van der Waals surface area contributed by atoms with Crippen LogP contribution in [-0.2, 0) is 11.2 Å². The van der Waals surface area contributed by atoms with Crippen molar-refractivity contribution in [2.75, 3.05) is 38.2 Å². The van der Waals surface area contributed by atoms with Gasteiger partial charge in [0.15, 0.2) is 0 Å². The fraction of sp³-hybridized carbons (Fsp3) is 0.400. The van der Waals surface area contributed by atoms with Gasteiger partial charge in [-0.05, 0) is 30.5 Å². The Morgan fingerprint density at radius 2 is 1.66 bits per heavy atom. The molecule has 156 valence electrons. The SMILES string of the molecule is COc1ccc(CCC(=O)N2CCCN(c3c(F)c(F)nc(F)c3F)CC2)cc1. The van der Waals surface area contributed by atoms with Crippen molar-refractivity contribution in [3.63, 3.8) is 0 Å². The molecule has 0 bridgehead atoms. The lowest BCUT2D eigenvalue weighted by Gasteiger charge is -2.24. The van der Waals surface area contributed by atoms with E-state index in [-0.39, 0.29) is 32.0 Å². The number of nitrogens with zero attached hydrogens (tertiary/aromatic N) is 3. The molecule has 1 fully saturated rings. The molecule has 1 aliphatic heterocycles. The monoisotopic (exact) mass is 411 g/mol. The third-order valence-corrected chi connectivity index (χ3v) is 4.93. The van der Waals surface area contributed by atoms with Crippen molar-refractivity contribution in [2.45, 2.75) is 19.3 Å². The van der Waals surface area contributed by atoms with Crippen molar-refractivity contribution in [1.29, 1.82) is 0 Å². The molecule has 0 unspecified atom stereocenters. The summed E-state index contributed by atoms with van der Waals surface area (Å²) >= 11 is 0. The summed E-state index contributed by atoms with van der Waals surface area (Å²) in [4.78, 5) is 17.9. The van der Waals surface area contributed by atoms with Gasteiger partial charge in [0, 0.05) is 32.6 Å². The molecular weight excluding hydrogens is 390 g/mol. The number of aromatic nitrogens is 1. The van der Waals surface area contributed by atoms with E-state index in [1.807, 2.05) is 24.3 Å². The molecule has 0 aliphatic carbocycles. The first-order chi connectivity index (χ1) is 13.9. The highest BCUT2D eigenvalue weighted by Gasteiger charge is 2.27. The molecule has 2 heterocycles. The van der Waals surface area contributed by atoms with Crippen molar-refractivity contribution in [3.05, 3.63) is 53.4 Å². The predicted molar refractivity (Wildman–Crippen MR) is 98.8 cm³/mol. The van der Waals surface area contributed by atoms with Gasteiger partial charge in [-0.1, -0.05) is 12.1 Å². The van der Waals surface area contributed by atoms with Crippen LogP contribution in [0.5, 0.6) is 5.75 Å². The van der Waals surface area contributed by atoms with Crippen LogP contribution in [0, 0.1) is 23.5 Å². The Bertz CT molecular complexity index is 851. The molecular formula is C20H21F4N3O2. The number of aryl methyl sites for hydroxylation is 1. The highest BCUT2D eigenvalue weighted by molar-refractivity contribution is 5.76. The van der Waals surface area contributed by atoms with E-state index in [1.54, 1.807) is 12.0 Å². The lowest BCUT2D eigenvalue weighted by atomic mass is 10.1. The van der Waals surface area contributed by atoms with Crippen molar-refractivity contribution in [2.24, 2.45) is 0 Å². The fourth-order valence-corrected chi connectivity index (χ4v) is 3.35. The van der Waals surface area contributed by atoms with Gasteiger partial charge in [0.05, 0.1) is 7.11 Å². The standard InChI is InChI=1S/C20H21F4N3O2/c1-29-14-6-3-13(4-7-14)5-8-15(28)26-9-2-10-27(12-11-26)18-16(21)19(23)25-20(24)17(18)22/h3-4,6-7H,2,5,8-12H2,1H3. The van der Waals surface area contributed by atoms with Crippen molar-refractivity contribution >= 4 is 11.6 Å². The molecule has 1 saturated heterocycles. The van der Waals surface area contributed by atoms with E-state index in [0.29, 0.717) is 19.4 Å². The van der Waals surface area contributed by atoms with E-state index >= 15 is 0 Å². The number of rotatable bonds is 5. The Hall–Kier alpha value is -2.84. The van der Waals surface area contributed by atoms with Gasteiger partial charge in [-0.3, -0.25) is 4.79 Å². The number of hydrogen-bond donors (Lipinski definition) is 0. The summed E-state index contributed by atoms with van der Waals surface area (Å²) in [5, 5.41) is 0. The number of halogens is 4. The van der Waals surface area contributed by atoms with Crippen molar-refractivity contribution in [3.8, 4) is 5.75 Å². The normalized spacial score (nSPS) is 14.7. The number of benzene rings is 1. The van der Waals surface area contributed by atoms with Crippen LogP contribution in [0.4, 0.5) is 23.2 Å². The summed E-state index contributed by atoms with van der Waals surface area (Å²) in [7, 11) is 1.58. The average Bonchev–Trinajstić information content (AvgIpc) is 2.97. The Morgan fingerprint density at radius 1 is 1.00 bits per heavy atom. The maximum atomic E-state index is 14.0. The lowest BCUT2D eigenvalue weighted by molar-refractivity contribution is -0.130. The fourth-order valence-electron chi connectivity index (χ4n) is 3.35. The van der Waals surface area contributed by atoms with E-state index in [9.17, 15) is 22.4 Å². The van der Waals surface area contributed by atoms with Gasteiger partial charge < -0.3 is 14.5 Å². The van der Waals surface area contributed by atoms with Crippen LogP contribution in [0.3, 0.4) is 0 Å². The molecule has 0 spiro atoms. The topological polar surface area (TPSA) is 45.7 Å². The average molecular weight is 411 g/mol. The van der Waals surface area contributed by atoms with E-state index in [2.05, 4.69) is 4.98 Å². The van der Waals surface area contributed by atoms with Crippen LogP contribution >= 0.6 is 0 Å². The Morgan fingerprint density at radius 3 is 2.28 bits per heavy atom. The highest BCUT2D eigenvalue weighted by atomic mass is 19.2. The molecule has 0 radical (unpaired) electrons. The first kappa shape index (κ1) is 20.9. The molecule has 1 aromatic heterocycles. The van der Waals surface area contributed by atoms with Gasteiger partial charge in [-0.25, -0.2) is 0 Å². The summed E-state index contributed by atoms with van der Waals surface area (Å²) in [6, 6.07) is 7.40. The number of carbonyl (C=O) groups is 1. The summed E-state index contributed by atoms with van der Waals surface area (Å²) in [6.07, 6.45) is 1.25. The van der Waals surface area contributed by atoms with Crippen LogP contribution in [0.1, 0.15) is 18.4 Å². The third-order valence-electron chi connectivity index (χ3n) is 4.93. The van der Waals surface area contributed by atoms with Crippen molar-refractivity contribution in [1.82, 2.24) is 9.88 Å². The van der Waals surface area contributed by atoms with Crippen molar-refractivity contribution < 1.29 is 27.1 Å². The number of carbonyl (C=O) groups excluding carboxylic acids is 1. The van der Waals surface area contributed by atoms with Gasteiger partial charge >= 0.3 is 0 Å². The third kappa shape index (κ3) is 4.78. The molecule has 2 aromatic rings. The summed E-state index contributed by atoms with van der Waals surface area (Å²) in [6.45, 7) is 0.827. The maximum absolute atomic E-state index is 14.0. The molecule has 0 N–H and O–H groups in total. The van der Waals surface area contributed by atoms with Gasteiger partial charge in [-0.15, -0.1) is 0 Å². The van der Waals surface area contributed by atoms with Gasteiger partial charge in [0.25, 0.3) is 11.9 Å². The molecule has 5 nitrogen and oxygen atoms in total. The van der Waals surface area contributed by atoms with E-state index < -0.39 is 29.2 Å². The van der Waals surface area contributed by atoms with E-state index in [1.165, 1.54) is 4.90 Å². The van der Waals surface area contributed by atoms with Gasteiger partial charge in [0.1, 0.15) is 11.4 Å². The maximum Gasteiger partial charge on any atom is 0.253 e. The van der Waals surface area contributed by atoms with Crippen LogP contribution in [0.2, 0.25) is 0 Å². The Balaban J connectivity index is 1.61. The number of pyridine rings is 1. The Labute approximate surface area is 165 Å². The largest absolute Gasteiger partial charge is 0.497 e. The predicted octanol–water partition coefficient (Wildman–Crippen LogP) is 3.32. The number of methoxy groups -OCH3 is 1. The first-order valence-corrected chi connectivity index (χ1v) is 9.26. The zero-order valence-electron chi connectivity index (χ0n) is 15.9. The van der Waals surface area contributed by atoms with Crippen LogP contribution in [0.25, 0.3) is 0 Å². The molecule has 0 atom stereocenters. The lowest BCUT2D eigenvalue weighted by Crippen LogP contribution is -2.36. The molecule has 1 aliphatic rings. The first-order valence-electron chi connectivity index (χ1n) is 9.26. The summed E-state index contributed by atoms with van der Waals surface area (Å²) in [5.41, 5.74) is 0.213. The molecule has 1 aromatic carbocycles. The van der Waals surface area contributed by atoms with E-state index in [4.69, 9.17) is 4.74 Å². The van der Waals surface area contributed by atoms with Crippen LogP contribution < -0.4 is 9.64 Å². The van der Waals surface area contributed by atoms with Gasteiger partial charge in [0.2, 0.25) is 17.5 Å². The minimum absolute atomic E-state index is 0.0605. The number of amides is 1. The molecule has 29 heavy (non-hydrogen) atoms. The smallest absolute Gasteiger partial charge is 0.253 e. The summed E-state index contributed by atoms with van der Waals surface area (Å²) in [5.74, 6) is -5.77. The zero-order valence-corrected chi connectivity index (χ0v) is 15.9. The molecule has 0 saturated carbocycles. The molecule has 9 heteroatoms. The second-order valence-electron chi connectivity index (χ2n) is 6.74. The van der Waals surface area contributed by atoms with E-state index in [0.717, 1.165) is 11.3 Å². The highest BCUT2D eigenvalue weighted by Crippen LogP contribution is 2.27. The molecule has 3 rings (SSSR count). The second-order valence-corrected chi connectivity index (χ2v) is 6.74. The quantitative estimate of drug-likeness (QED) is 0.560. The number of hydrogen-bond acceptors (Lipinski definition) is 4. The second kappa shape index (κ2) is 9.11. The number of anilines is 1. The van der Waals surface area contributed by atoms with Gasteiger partial charge in [-0.2, -0.15) is 22.5 Å².